The van der Waals surface area contributed by atoms with Gasteiger partial charge in [0.05, 0.1) is 5.41 Å². The van der Waals surface area contributed by atoms with Crippen molar-refractivity contribution in [3.63, 3.8) is 0 Å². The molecular formula is C69H112F6O9. The Bertz CT molecular complexity index is 1960. The van der Waals surface area contributed by atoms with Gasteiger partial charge in [0, 0.05) is 20.8 Å². The Morgan fingerprint density at radius 3 is 1.06 bits per heavy atom. The highest BCUT2D eigenvalue weighted by atomic mass is 19.3. The smallest absolute Gasteiger partial charge is 0.462 e. The molecule has 10 fully saturated rings. The van der Waals surface area contributed by atoms with E-state index in [1.807, 2.05) is 0 Å². The lowest BCUT2D eigenvalue weighted by Crippen LogP contribution is -2.58. The van der Waals surface area contributed by atoms with Crippen LogP contribution in [0.2, 0.25) is 0 Å². The van der Waals surface area contributed by atoms with Gasteiger partial charge in [0.15, 0.2) is 6.61 Å². The van der Waals surface area contributed by atoms with Crippen LogP contribution in [-0.2, 0) is 38.1 Å². The van der Waals surface area contributed by atoms with E-state index in [2.05, 4.69) is 25.5 Å². The Balaban J connectivity index is 0.000000188. The molecule has 9 nitrogen and oxygen atoms in total. The molecule has 10 saturated carbocycles. The van der Waals surface area contributed by atoms with Gasteiger partial charge in [-0.05, 0) is 219 Å². The molecule has 0 aromatic heterocycles. The van der Waals surface area contributed by atoms with E-state index >= 15 is 0 Å². The maximum Gasteiger partial charge on any atom is 0.508 e. The minimum atomic E-state index is -3.47. The Hall–Kier alpha value is -2.74. The van der Waals surface area contributed by atoms with Gasteiger partial charge in [0.25, 0.3) is 5.92 Å². The fraction of sp³-hybridized carbons (Fsp3) is 0.942. The van der Waals surface area contributed by atoms with Crippen LogP contribution >= 0.6 is 0 Å². The summed E-state index contributed by atoms with van der Waals surface area (Å²) < 4.78 is 104. The summed E-state index contributed by atoms with van der Waals surface area (Å²) in [4.78, 5) is 48.1. The summed E-state index contributed by atoms with van der Waals surface area (Å²) in [6.45, 7) is 7.81. The third kappa shape index (κ3) is 20.9. The molecule has 10 rings (SSSR count). The first-order valence-electron chi connectivity index (χ1n) is 34.5. The zero-order chi connectivity index (χ0) is 60.7. The standard InChI is InChI=1S/C30H46F2O4.C20H34F2O3.C19H32F2O2/c1-3-4-5-19-6-8-21(9-7-19)22-10-12-25(13-11-22)35-28(34)30-16-20-14-23(17-30)26(24(15-20)18-30)36-27(33)29(2,31)32;1-3-4-5-15-6-8-16(9-7-15)17-10-12-18(13-11-17)25-19(23)24-14-20(2,21)22;1-3-4-5-14-6-8-15(9-7-14)16-10-12-17(13-11-16)23-18(22)19(2,20)21/h19-26H,3-18H2,1-2H3;15-18H,3-14H2,1-2H3;14-17H,3-13H2,1-2H3. The van der Waals surface area contributed by atoms with Gasteiger partial charge >= 0.3 is 35.9 Å². The van der Waals surface area contributed by atoms with Gasteiger partial charge in [-0.25, -0.2) is 23.2 Å². The molecule has 484 valence electrons. The number of ether oxygens (including phenoxy) is 5. The number of alkyl halides is 6. The number of carbonyl (C=O) groups is 4. The van der Waals surface area contributed by atoms with Crippen LogP contribution in [0.3, 0.4) is 0 Å². The SMILES string of the molecule is CCCCC1CCC(C2CCC(OC(=O)C(C)(F)F)CC2)CC1.CCCCC1CCC(C2CCC(OC(=O)C34CC5CC(C3)C(OC(=O)C(C)(F)F)C(C5)C4)CC2)CC1.CCCCC1CCC(C2CCC(OC(=O)OCC(C)(F)F)CC2)CC1. The molecule has 0 spiro atoms. The molecule has 0 N–H and O–H groups in total. The number of unbranched alkanes of at least 4 members (excludes halogenated alkanes) is 3. The summed E-state index contributed by atoms with van der Waals surface area (Å²) in [5.41, 5.74) is -0.498. The third-order valence-corrected chi connectivity index (χ3v) is 22.6. The summed E-state index contributed by atoms with van der Waals surface area (Å²) in [5, 5.41) is 0. The van der Waals surface area contributed by atoms with Gasteiger partial charge in [0.2, 0.25) is 0 Å². The molecule has 0 heterocycles. The molecule has 10 aliphatic rings. The molecule has 2 atom stereocenters. The Morgan fingerprint density at radius 1 is 0.405 bits per heavy atom. The van der Waals surface area contributed by atoms with Crippen LogP contribution in [0.1, 0.15) is 286 Å². The lowest BCUT2D eigenvalue weighted by atomic mass is 9.48. The Kier molecular flexibility index (Phi) is 26.3. The van der Waals surface area contributed by atoms with Crippen molar-refractivity contribution < 1.29 is 69.2 Å². The normalized spacial score (nSPS) is 36.1. The first-order valence-corrected chi connectivity index (χ1v) is 34.5. The second-order valence-electron chi connectivity index (χ2n) is 29.3. The Morgan fingerprint density at radius 2 is 0.726 bits per heavy atom. The fourth-order valence-corrected chi connectivity index (χ4v) is 17.9. The molecule has 2 unspecified atom stereocenters. The highest BCUT2D eigenvalue weighted by Gasteiger charge is 2.61. The summed E-state index contributed by atoms with van der Waals surface area (Å²) in [6, 6.07) is 0. The molecule has 15 heteroatoms. The minimum absolute atomic E-state index is 0.00158. The van der Waals surface area contributed by atoms with Gasteiger partial charge in [-0.2, -0.15) is 17.6 Å². The number of rotatable bonds is 21. The lowest BCUT2D eigenvalue weighted by Gasteiger charge is -2.58. The van der Waals surface area contributed by atoms with Crippen molar-refractivity contribution in [3.05, 3.63) is 0 Å². The van der Waals surface area contributed by atoms with Crippen molar-refractivity contribution in [2.75, 3.05) is 6.61 Å². The predicted octanol–water partition coefficient (Wildman–Crippen LogP) is 19.6. The van der Waals surface area contributed by atoms with Crippen molar-refractivity contribution in [1.82, 2.24) is 0 Å². The average molecular weight is 1200 g/mol. The van der Waals surface area contributed by atoms with Crippen LogP contribution in [0.15, 0.2) is 0 Å². The molecular weight excluding hydrogens is 1090 g/mol. The van der Waals surface area contributed by atoms with Crippen molar-refractivity contribution in [1.29, 1.82) is 0 Å². The largest absolute Gasteiger partial charge is 0.508 e. The summed E-state index contributed by atoms with van der Waals surface area (Å²) in [7, 11) is 0. The van der Waals surface area contributed by atoms with Crippen LogP contribution in [0.25, 0.3) is 0 Å². The zero-order valence-corrected chi connectivity index (χ0v) is 52.8. The lowest BCUT2D eigenvalue weighted by molar-refractivity contribution is -0.209. The quantitative estimate of drug-likeness (QED) is 0.0629. The van der Waals surface area contributed by atoms with E-state index in [9.17, 15) is 45.5 Å². The van der Waals surface area contributed by atoms with Gasteiger partial charge < -0.3 is 23.7 Å². The van der Waals surface area contributed by atoms with Crippen LogP contribution in [0.5, 0.6) is 0 Å². The van der Waals surface area contributed by atoms with E-state index in [4.69, 9.17) is 18.9 Å². The molecule has 0 amide bonds. The molecule has 84 heavy (non-hydrogen) atoms. The zero-order valence-electron chi connectivity index (χ0n) is 52.8. The molecule has 10 aliphatic carbocycles. The van der Waals surface area contributed by atoms with Gasteiger partial charge in [0.1, 0.15) is 24.4 Å². The van der Waals surface area contributed by atoms with Crippen LogP contribution in [-0.4, -0.2) is 72.9 Å². The van der Waals surface area contributed by atoms with Gasteiger partial charge in [-0.1, -0.05) is 117 Å². The number of hydrogen-bond acceptors (Lipinski definition) is 9. The van der Waals surface area contributed by atoms with Gasteiger partial charge in [-0.15, -0.1) is 0 Å². The summed E-state index contributed by atoms with van der Waals surface area (Å²) in [6.07, 6.45) is 42.1. The molecule has 0 saturated heterocycles. The van der Waals surface area contributed by atoms with Crippen LogP contribution < -0.4 is 0 Å². The molecule has 4 bridgehead atoms. The highest BCUT2D eigenvalue weighted by Crippen LogP contribution is 2.62. The highest BCUT2D eigenvalue weighted by molar-refractivity contribution is 5.79. The predicted molar refractivity (Wildman–Crippen MR) is 315 cm³/mol. The number of hydrogen-bond donors (Lipinski definition) is 0. The van der Waals surface area contributed by atoms with Gasteiger partial charge in [-0.3, -0.25) is 4.79 Å². The Labute approximate surface area is 502 Å². The summed E-state index contributed by atoms with van der Waals surface area (Å²) >= 11 is 0. The van der Waals surface area contributed by atoms with Crippen molar-refractivity contribution in [3.8, 4) is 0 Å². The van der Waals surface area contributed by atoms with Crippen molar-refractivity contribution in [2.24, 2.45) is 76.4 Å². The number of carbonyl (C=O) groups excluding carboxylic acids is 4. The van der Waals surface area contributed by atoms with E-state index in [1.165, 1.54) is 148 Å². The minimum Gasteiger partial charge on any atom is -0.462 e. The maximum absolute atomic E-state index is 13.5. The molecule has 0 radical (unpaired) electrons. The van der Waals surface area contributed by atoms with E-state index < -0.39 is 54.0 Å². The van der Waals surface area contributed by atoms with Crippen LogP contribution in [0, 0.1) is 76.4 Å². The van der Waals surface area contributed by atoms with Crippen LogP contribution in [0.4, 0.5) is 31.1 Å². The monoisotopic (exact) mass is 1200 g/mol. The first-order chi connectivity index (χ1) is 39.9. The molecule has 0 aromatic carbocycles. The van der Waals surface area contributed by atoms with E-state index in [0.717, 1.165) is 138 Å². The van der Waals surface area contributed by atoms with Crippen molar-refractivity contribution in [2.45, 2.75) is 328 Å². The first kappa shape index (κ1) is 68.7. The van der Waals surface area contributed by atoms with E-state index in [-0.39, 0.29) is 36.1 Å². The third-order valence-electron chi connectivity index (χ3n) is 22.6. The number of halogens is 6. The molecule has 0 aromatic rings. The number of esters is 3. The fourth-order valence-electron chi connectivity index (χ4n) is 17.9. The van der Waals surface area contributed by atoms with E-state index in [1.54, 1.807) is 0 Å². The summed E-state index contributed by atoms with van der Waals surface area (Å²) in [5.74, 6) is -4.77. The second kappa shape index (κ2) is 32.1. The molecule has 0 aliphatic heterocycles. The van der Waals surface area contributed by atoms with E-state index in [0.29, 0.717) is 38.5 Å². The van der Waals surface area contributed by atoms with Crippen molar-refractivity contribution >= 4 is 24.1 Å². The topological polar surface area (TPSA) is 114 Å². The second-order valence-corrected chi connectivity index (χ2v) is 29.3. The maximum atomic E-state index is 13.5. The average Bonchev–Trinajstić information content (AvgIpc) is 0.917.